The molecule has 0 spiro atoms. The highest BCUT2D eigenvalue weighted by Crippen LogP contribution is 2.21. The minimum absolute atomic E-state index is 0.258. The van der Waals surface area contributed by atoms with Gasteiger partial charge >= 0.3 is 5.97 Å². The Bertz CT molecular complexity index is 800. The summed E-state index contributed by atoms with van der Waals surface area (Å²) in [5.74, 6) is 0.347. The molecule has 1 aliphatic rings. The van der Waals surface area contributed by atoms with Crippen LogP contribution in [0.1, 0.15) is 48.2 Å². The van der Waals surface area contributed by atoms with Gasteiger partial charge in [0.25, 0.3) is 0 Å². The third kappa shape index (κ3) is 5.05. The second-order valence-corrected chi connectivity index (χ2v) is 6.51. The van der Waals surface area contributed by atoms with E-state index >= 15 is 0 Å². The number of carbonyl (C=O) groups is 1. The molecule has 0 amide bonds. The Morgan fingerprint density at radius 1 is 1.19 bits per heavy atom. The quantitative estimate of drug-likeness (QED) is 0.635. The lowest BCUT2D eigenvalue weighted by Gasteiger charge is -2.13. The van der Waals surface area contributed by atoms with Gasteiger partial charge in [-0.3, -0.25) is 0 Å². The van der Waals surface area contributed by atoms with Crippen molar-refractivity contribution in [2.75, 3.05) is 17.2 Å². The van der Waals surface area contributed by atoms with Crippen LogP contribution in [-0.2, 0) is 0 Å². The van der Waals surface area contributed by atoms with Crippen LogP contribution in [0.3, 0.4) is 0 Å². The first-order valence-electron chi connectivity index (χ1n) is 8.98. The first kappa shape index (κ1) is 17.9. The highest BCUT2D eigenvalue weighted by Gasteiger charge is 2.06. The fourth-order valence-corrected chi connectivity index (χ4v) is 3.02. The van der Waals surface area contributed by atoms with E-state index in [9.17, 15) is 4.79 Å². The second-order valence-electron chi connectivity index (χ2n) is 6.51. The number of hydrogen-bond acceptors (Lipinski definition) is 5. The molecule has 0 radical (unpaired) electrons. The van der Waals surface area contributed by atoms with E-state index < -0.39 is 5.97 Å². The molecule has 1 aromatic carbocycles. The molecule has 1 aliphatic carbocycles. The van der Waals surface area contributed by atoms with Gasteiger partial charge in [0.05, 0.1) is 5.56 Å². The normalized spacial score (nSPS) is 13.8. The highest BCUT2D eigenvalue weighted by atomic mass is 16.4. The summed E-state index contributed by atoms with van der Waals surface area (Å²) in [6.45, 7) is 2.75. The van der Waals surface area contributed by atoms with Crippen LogP contribution in [0.15, 0.2) is 42.0 Å². The van der Waals surface area contributed by atoms with Crippen LogP contribution in [0, 0.1) is 6.92 Å². The fourth-order valence-electron chi connectivity index (χ4n) is 3.02. The molecule has 6 heteroatoms. The van der Waals surface area contributed by atoms with Crippen LogP contribution >= 0.6 is 0 Å². The summed E-state index contributed by atoms with van der Waals surface area (Å²) in [5, 5.41) is 15.5. The van der Waals surface area contributed by atoms with E-state index in [1.165, 1.54) is 31.3 Å². The van der Waals surface area contributed by atoms with Crippen molar-refractivity contribution in [3.05, 3.63) is 53.2 Å². The first-order valence-corrected chi connectivity index (χ1v) is 8.98. The Balaban J connectivity index is 1.61. The number of benzene rings is 1. The SMILES string of the molecule is Cc1cc(Nc2ccc(C(=O)O)cc2)nc(NCCC2=CCCCC2)n1. The molecule has 1 heterocycles. The number of carboxylic acid groups (broad SMARTS) is 1. The van der Waals surface area contributed by atoms with Gasteiger partial charge in [0.15, 0.2) is 0 Å². The topological polar surface area (TPSA) is 87.1 Å². The molecule has 26 heavy (non-hydrogen) atoms. The average molecular weight is 352 g/mol. The molecule has 0 saturated carbocycles. The Morgan fingerprint density at radius 2 is 2.00 bits per heavy atom. The third-order valence-electron chi connectivity index (χ3n) is 4.37. The van der Waals surface area contributed by atoms with Gasteiger partial charge in [-0.05, 0) is 63.3 Å². The van der Waals surface area contributed by atoms with Crippen molar-refractivity contribution >= 4 is 23.4 Å². The fraction of sp³-hybridized carbons (Fsp3) is 0.350. The minimum atomic E-state index is -0.936. The van der Waals surface area contributed by atoms with E-state index in [1.54, 1.807) is 24.3 Å². The lowest BCUT2D eigenvalue weighted by atomic mass is 9.97. The molecule has 3 N–H and O–H groups in total. The zero-order valence-electron chi connectivity index (χ0n) is 15.0. The zero-order valence-corrected chi connectivity index (χ0v) is 15.0. The van der Waals surface area contributed by atoms with Gasteiger partial charge < -0.3 is 15.7 Å². The smallest absolute Gasteiger partial charge is 0.335 e. The Morgan fingerprint density at radius 3 is 2.69 bits per heavy atom. The van der Waals surface area contributed by atoms with Crippen LogP contribution in [0.25, 0.3) is 0 Å². The lowest BCUT2D eigenvalue weighted by molar-refractivity contribution is 0.0697. The lowest BCUT2D eigenvalue weighted by Crippen LogP contribution is -2.09. The predicted molar refractivity (Wildman–Crippen MR) is 103 cm³/mol. The van der Waals surface area contributed by atoms with Gasteiger partial charge in [-0.15, -0.1) is 0 Å². The number of anilines is 3. The van der Waals surface area contributed by atoms with Gasteiger partial charge in [-0.2, -0.15) is 4.98 Å². The number of allylic oxidation sites excluding steroid dienone is 1. The molecule has 0 fully saturated rings. The van der Waals surface area contributed by atoms with E-state index in [-0.39, 0.29) is 5.56 Å². The number of aromatic nitrogens is 2. The Hall–Kier alpha value is -2.89. The maximum atomic E-state index is 10.9. The average Bonchev–Trinajstić information content (AvgIpc) is 2.62. The molecule has 1 aromatic heterocycles. The van der Waals surface area contributed by atoms with Crippen molar-refractivity contribution < 1.29 is 9.90 Å². The standard InChI is InChI=1S/C20H24N4O2/c1-14-13-18(23-17-9-7-16(8-10-17)19(25)26)24-20(22-14)21-12-11-15-5-3-2-4-6-15/h5,7-10,13H,2-4,6,11-12H2,1H3,(H,25,26)(H2,21,22,23,24). The minimum Gasteiger partial charge on any atom is -0.478 e. The Labute approximate surface area is 153 Å². The molecule has 0 bridgehead atoms. The third-order valence-corrected chi connectivity index (χ3v) is 4.37. The summed E-state index contributed by atoms with van der Waals surface area (Å²) in [6.07, 6.45) is 8.38. The highest BCUT2D eigenvalue weighted by molar-refractivity contribution is 5.88. The zero-order chi connectivity index (χ0) is 18.4. The summed E-state index contributed by atoms with van der Waals surface area (Å²) in [4.78, 5) is 19.9. The molecular formula is C20H24N4O2. The number of aryl methyl sites for hydroxylation is 1. The number of rotatable bonds is 7. The van der Waals surface area contributed by atoms with Crippen molar-refractivity contribution in [2.24, 2.45) is 0 Å². The largest absolute Gasteiger partial charge is 0.478 e. The summed E-state index contributed by atoms with van der Waals surface area (Å²) >= 11 is 0. The summed E-state index contributed by atoms with van der Waals surface area (Å²) in [5.41, 5.74) is 3.43. The molecule has 0 aliphatic heterocycles. The Kier molecular flexibility index (Phi) is 5.84. The van der Waals surface area contributed by atoms with Gasteiger partial charge in [-0.25, -0.2) is 9.78 Å². The van der Waals surface area contributed by atoms with Gasteiger partial charge in [-0.1, -0.05) is 11.6 Å². The van der Waals surface area contributed by atoms with Crippen LogP contribution in [0.2, 0.25) is 0 Å². The van der Waals surface area contributed by atoms with E-state index in [1.807, 2.05) is 13.0 Å². The number of nitrogens with zero attached hydrogens (tertiary/aromatic N) is 2. The number of nitrogens with one attached hydrogen (secondary N) is 2. The molecule has 0 atom stereocenters. The van der Waals surface area contributed by atoms with E-state index in [2.05, 4.69) is 26.7 Å². The van der Waals surface area contributed by atoms with Crippen molar-refractivity contribution in [1.29, 1.82) is 0 Å². The summed E-state index contributed by atoms with van der Waals surface area (Å²) in [6, 6.07) is 8.44. The molecule has 2 aromatic rings. The molecule has 136 valence electrons. The summed E-state index contributed by atoms with van der Waals surface area (Å²) < 4.78 is 0. The number of aromatic carboxylic acids is 1. The molecular weight excluding hydrogens is 328 g/mol. The summed E-state index contributed by atoms with van der Waals surface area (Å²) in [7, 11) is 0. The predicted octanol–water partition coefficient (Wildman–Crippen LogP) is 4.53. The van der Waals surface area contributed by atoms with Gasteiger partial charge in [0.1, 0.15) is 5.82 Å². The van der Waals surface area contributed by atoms with Crippen molar-refractivity contribution in [3.8, 4) is 0 Å². The van der Waals surface area contributed by atoms with Crippen LogP contribution in [0.5, 0.6) is 0 Å². The maximum Gasteiger partial charge on any atom is 0.335 e. The number of carboxylic acids is 1. The second kappa shape index (κ2) is 8.47. The molecule has 0 saturated heterocycles. The van der Waals surface area contributed by atoms with E-state index in [0.717, 1.165) is 24.3 Å². The number of hydrogen-bond donors (Lipinski definition) is 3. The van der Waals surface area contributed by atoms with Crippen LogP contribution in [0.4, 0.5) is 17.5 Å². The van der Waals surface area contributed by atoms with Gasteiger partial charge in [0.2, 0.25) is 5.95 Å². The first-order chi connectivity index (χ1) is 12.6. The molecule has 6 nitrogen and oxygen atoms in total. The van der Waals surface area contributed by atoms with Crippen molar-refractivity contribution in [2.45, 2.75) is 39.0 Å². The molecule has 0 unspecified atom stereocenters. The van der Waals surface area contributed by atoms with Gasteiger partial charge in [0, 0.05) is 24.0 Å². The monoisotopic (exact) mass is 352 g/mol. The van der Waals surface area contributed by atoms with E-state index in [0.29, 0.717) is 11.8 Å². The van der Waals surface area contributed by atoms with Crippen molar-refractivity contribution in [3.63, 3.8) is 0 Å². The van der Waals surface area contributed by atoms with E-state index in [4.69, 9.17) is 5.11 Å². The maximum absolute atomic E-state index is 10.9. The van der Waals surface area contributed by atoms with Crippen LogP contribution < -0.4 is 10.6 Å². The van der Waals surface area contributed by atoms with Crippen molar-refractivity contribution in [1.82, 2.24) is 9.97 Å². The van der Waals surface area contributed by atoms with Crippen LogP contribution in [-0.4, -0.2) is 27.6 Å². The molecule has 3 rings (SSSR count).